The van der Waals surface area contributed by atoms with Crippen LogP contribution in [0.4, 0.5) is 0 Å². The first kappa shape index (κ1) is 12.4. The summed E-state index contributed by atoms with van der Waals surface area (Å²) in [6, 6.07) is 1.94. The molecule has 0 saturated heterocycles. The summed E-state index contributed by atoms with van der Waals surface area (Å²) >= 11 is 0. The van der Waals surface area contributed by atoms with Gasteiger partial charge in [-0.2, -0.15) is 5.10 Å². The van der Waals surface area contributed by atoms with Crippen molar-refractivity contribution in [1.29, 1.82) is 0 Å². The zero-order valence-electron chi connectivity index (χ0n) is 9.20. The van der Waals surface area contributed by atoms with Gasteiger partial charge in [-0.05, 0) is 25.1 Å². The highest BCUT2D eigenvalue weighted by atomic mass is 15.3. The van der Waals surface area contributed by atoms with Gasteiger partial charge in [0.2, 0.25) is 0 Å². The second-order valence-electron chi connectivity index (χ2n) is 2.43. The van der Waals surface area contributed by atoms with Crippen molar-refractivity contribution in [3.8, 4) is 0 Å². The fraction of sp³-hybridized carbons (Fsp3) is 0.250. The van der Waals surface area contributed by atoms with Crippen LogP contribution in [0, 0.1) is 6.92 Å². The summed E-state index contributed by atoms with van der Waals surface area (Å²) in [6.07, 6.45) is 7.22. The molecule has 0 bridgehead atoms. The maximum atomic E-state index is 4.23. The molecule has 0 aliphatic carbocycles. The highest BCUT2D eigenvalue weighted by Crippen LogP contribution is 2.05. The van der Waals surface area contributed by atoms with Crippen LogP contribution in [0.15, 0.2) is 43.6 Å². The molecule has 14 heavy (non-hydrogen) atoms. The molecule has 1 aromatic rings. The average Bonchev–Trinajstić information content (AvgIpc) is 2.64. The maximum absolute atomic E-state index is 4.23. The molecule has 0 atom stereocenters. The molecule has 2 heteroatoms. The molecule has 0 unspecified atom stereocenters. The molecule has 0 spiro atoms. The van der Waals surface area contributed by atoms with E-state index in [2.05, 4.69) is 18.3 Å². The van der Waals surface area contributed by atoms with Gasteiger partial charge in [0.05, 0.1) is 11.4 Å². The van der Waals surface area contributed by atoms with Gasteiger partial charge >= 0.3 is 0 Å². The number of nitrogens with zero attached hydrogens (tertiary/aromatic N) is 2. The van der Waals surface area contributed by atoms with Crippen LogP contribution in [0.1, 0.15) is 19.5 Å². The first-order chi connectivity index (χ1) is 6.77. The van der Waals surface area contributed by atoms with Crippen molar-refractivity contribution >= 4 is 5.70 Å². The van der Waals surface area contributed by atoms with Gasteiger partial charge < -0.3 is 0 Å². The van der Waals surface area contributed by atoms with E-state index in [0.717, 1.165) is 11.4 Å². The SMILES string of the molecule is C=C/C=C(\C=C)n1ccc(C)n1.CC. The first-order valence-corrected chi connectivity index (χ1v) is 4.75. The van der Waals surface area contributed by atoms with Gasteiger partial charge in [0.25, 0.3) is 0 Å². The molecule has 1 rings (SSSR count). The molecule has 2 nitrogen and oxygen atoms in total. The Labute approximate surface area is 86.3 Å². The third kappa shape index (κ3) is 3.44. The molecule has 1 heterocycles. The summed E-state index contributed by atoms with van der Waals surface area (Å²) in [5.41, 5.74) is 1.92. The van der Waals surface area contributed by atoms with Crippen LogP contribution in [0.25, 0.3) is 5.70 Å². The van der Waals surface area contributed by atoms with Gasteiger partial charge in [0.1, 0.15) is 0 Å². The standard InChI is InChI=1S/C10H12N2.C2H6/c1-4-6-10(5-2)12-8-7-9(3)11-12;1-2/h4-8H,1-2H2,3H3;1-2H3/b10-6+;. The summed E-state index contributed by atoms with van der Waals surface area (Å²) in [5.74, 6) is 0. The molecular weight excluding hydrogens is 172 g/mol. The van der Waals surface area contributed by atoms with Crippen LogP contribution in [0.5, 0.6) is 0 Å². The topological polar surface area (TPSA) is 17.8 Å². The number of aromatic nitrogens is 2. The molecule has 1 aromatic heterocycles. The van der Waals surface area contributed by atoms with E-state index in [1.165, 1.54) is 0 Å². The van der Waals surface area contributed by atoms with Crippen molar-refractivity contribution in [2.24, 2.45) is 0 Å². The Morgan fingerprint density at radius 2 is 2.07 bits per heavy atom. The second kappa shape index (κ2) is 6.89. The normalized spacial score (nSPS) is 10.1. The summed E-state index contributed by atoms with van der Waals surface area (Å²) in [7, 11) is 0. The average molecular weight is 190 g/mol. The van der Waals surface area contributed by atoms with Crippen LogP contribution in [0.2, 0.25) is 0 Å². The fourth-order valence-corrected chi connectivity index (χ4v) is 0.918. The Bertz CT molecular complexity index is 319. The van der Waals surface area contributed by atoms with E-state index in [1.54, 1.807) is 16.8 Å². The van der Waals surface area contributed by atoms with Crippen LogP contribution in [0.3, 0.4) is 0 Å². The lowest BCUT2D eigenvalue weighted by atomic mass is 10.4. The quantitative estimate of drug-likeness (QED) is 0.668. The Balaban J connectivity index is 0.000000791. The van der Waals surface area contributed by atoms with E-state index >= 15 is 0 Å². The third-order valence-corrected chi connectivity index (χ3v) is 1.48. The molecule has 0 aliphatic heterocycles. The molecule has 0 N–H and O–H groups in total. The number of allylic oxidation sites excluding steroid dienone is 4. The van der Waals surface area contributed by atoms with Gasteiger partial charge in [-0.15, -0.1) is 0 Å². The number of hydrogen-bond donors (Lipinski definition) is 0. The Hall–Kier alpha value is -1.57. The zero-order chi connectivity index (χ0) is 11.0. The minimum atomic E-state index is 0.929. The molecule has 0 fully saturated rings. The van der Waals surface area contributed by atoms with Crippen molar-refractivity contribution in [2.75, 3.05) is 0 Å². The Morgan fingerprint density at radius 1 is 1.43 bits per heavy atom. The van der Waals surface area contributed by atoms with E-state index in [0.29, 0.717) is 0 Å². The highest BCUT2D eigenvalue weighted by molar-refractivity contribution is 5.56. The second-order valence-corrected chi connectivity index (χ2v) is 2.43. The lowest BCUT2D eigenvalue weighted by Crippen LogP contribution is -1.94. The fourth-order valence-electron chi connectivity index (χ4n) is 0.918. The Morgan fingerprint density at radius 3 is 2.43 bits per heavy atom. The van der Waals surface area contributed by atoms with Crippen molar-refractivity contribution in [2.45, 2.75) is 20.8 Å². The van der Waals surface area contributed by atoms with Crippen LogP contribution in [-0.2, 0) is 0 Å². The molecule has 0 radical (unpaired) electrons. The van der Waals surface area contributed by atoms with Gasteiger partial charge in [-0.25, -0.2) is 4.68 Å². The zero-order valence-corrected chi connectivity index (χ0v) is 9.20. The molecule has 0 amide bonds. The van der Waals surface area contributed by atoms with Crippen molar-refractivity contribution in [3.63, 3.8) is 0 Å². The maximum Gasteiger partial charge on any atom is 0.0639 e. The molecule has 0 aromatic carbocycles. The largest absolute Gasteiger partial charge is 0.241 e. The lowest BCUT2D eigenvalue weighted by molar-refractivity contribution is 0.890. The van der Waals surface area contributed by atoms with E-state index < -0.39 is 0 Å². The monoisotopic (exact) mass is 190 g/mol. The molecular formula is C12H18N2. The first-order valence-electron chi connectivity index (χ1n) is 4.75. The predicted octanol–water partition coefficient (Wildman–Crippen LogP) is 3.43. The van der Waals surface area contributed by atoms with Gasteiger partial charge in [0.15, 0.2) is 0 Å². The minimum absolute atomic E-state index is 0.929. The molecule has 76 valence electrons. The van der Waals surface area contributed by atoms with Crippen LogP contribution in [-0.4, -0.2) is 9.78 Å². The van der Waals surface area contributed by atoms with Crippen molar-refractivity contribution < 1.29 is 0 Å². The third-order valence-electron chi connectivity index (χ3n) is 1.48. The van der Waals surface area contributed by atoms with Crippen molar-refractivity contribution in [3.05, 3.63) is 49.3 Å². The molecule has 0 aliphatic rings. The van der Waals surface area contributed by atoms with Crippen LogP contribution >= 0.6 is 0 Å². The molecule has 0 saturated carbocycles. The highest BCUT2D eigenvalue weighted by Gasteiger charge is 1.95. The number of rotatable bonds is 3. The van der Waals surface area contributed by atoms with Crippen molar-refractivity contribution in [1.82, 2.24) is 9.78 Å². The Kier molecular flexibility index (Phi) is 6.12. The number of hydrogen-bond acceptors (Lipinski definition) is 1. The summed E-state index contributed by atoms with van der Waals surface area (Å²) in [4.78, 5) is 0. The predicted molar refractivity (Wildman–Crippen MR) is 63.0 cm³/mol. The summed E-state index contributed by atoms with van der Waals surface area (Å²) in [5, 5.41) is 4.23. The smallest absolute Gasteiger partial charge is 0.0639 e. The summed E-state index contributed by atoms with van der Waals surface area (Å²) < 4.78 is 1.77. The van der Waals surface area contributed by atoms with E-state index in [4.69, 9.17) is 0 Å². The van der Waals surface area contributed by atoms with E-state index in [-0.39, 0.29) is 0 Å². The van der Waals surface area contributed by atoms with Crippen LogP contribution < -0.4 is 0 Å². The summed E-state index contributed by atoms with van der Waals surface area (Å²) in [6.45, 7) is 13.3. The van der Waals surface area contributed by atoms with Gasteiger partial charge in [0, 0.05) is 6.20 Å². The van der Waals surface area contributed by atoms with E-state index in [1.807, 2.05) is 39.1 Å². The lowest BCUT2D eigenvalue weighted by Gasteiger charge is -1.98. The van der Waals surface area contributed by atoms with Gasteiger partial charge in [-0.3, -0.25) is 0 Å². The van der Waals surface area contributed by atoms with Gasteiger partial charge in [-0.1, -0.05) is 33.1 Å². The van der Waals surface area contributed by atoms with E-state index in [9.17, 15) is 0 Å². The minimum Gasteiger partial charge on any atom is -0.241 e. The number of aryl methyl sites for hydroxylation is 1.